The maximum absolute atomic E-state index is 10.6. The third kappa shape index (κ3) is 5.24. The Bertz CT molecular complexity index is 1150. The van der Waals surface area contributed by atoms with Crippen molar-refractivity contribution in [3.8, 4) is 0 Å². The number of halogens is 1. The van der Waals surface area contributed by atoms with Gasteiger partial charge < -0.3 is 36.2 Å². The van der Waals surface area contributed by atoms with Crippen LogP contribution in [0, 0.1) is 0 Å². The monoisotopic (exact) mass is 498 g/mol. The van der Waals surface area contributed by atoms with E-state index in [-0.39, 0.29) is 24.2 Å². The molecule has 3 aromatic rings. The van der Waals surface area contributed by atoms with Crippen LogP contribution >= 0.6 is 23.7 Å². The fourth-order valence-corrected chi connectivity index (χ4v) is 4.25. The average molecular weight is 499 g/mol. The van der Waals surface area contributed by atoms with E-state index in [0.29, 0.717) is 24.1 Å². The topological polar surface area (TPSA) is 189 Å². The lowest BCUT2D eigenvalue weighted by Crippen LogP contribution is -2.33. The maximum Gasteiger partial charge on any atom is 0.328 e. The van der Waals surface area contributed by atoms with Gasteiger partial charge in [-0.1, -0.05) is 0 Å². The first kappa shape index (κ1) is 24.8. The molecule has 3 aromatic heterocycles. The molecule has 0 spiro atoms. The molecule has 33 heavy (non-hydrogen) atoms. The molecule has 7 N–H and O–H groups in total. The number of nitrogens with zero attached hydrogens (tertiary/aromatic N) is 4. The summed E-state index contributed by atoms with van der Waals surface area (Å²) in [5, 5.41) is 43.3. The van der Waals surface area contributed by atoms with E-state index in [2.05, 4.69) is 20.3 Å². The summed E-state index contributed by atoms with van der Waals surface area (Å²) in [6.45, 7) is 0.0529. The fraction of sp³-hybridized carbons (Fsp3) is 0.368. The molecule has 1 saturated heterocycles. The minimum absolute atomic E-state index is 0. The van der Waals surface area contributed by atoms with Crippen molar-refractivity contribution in [3.05, 3.63) is 34.3 Å². The van der Waals surface area contributed by atoms with Crippen LogP contribution in [0.15, 0.2) is 23.8 Å². The molecule has 14 heteroatoms. The predicted octanol–water partition coefficient (Wildman–Crippen LogP) is 0.256. The molecular formula is C19H23ClN6O6S. The normalized spacial score (nSPS) is 22.6. The Hall–Kier alpha value is -2.81. The van der Waals surface area contributed by atoms with Gasteiger partial charge in [0.2, 0.25) is 5.95 Å². The van der Waals surface area contributed by atoms with Gasteiger partial charge in [0.15, 0.2) is 17.7 Å². The van der Waals surface area contributed by atoms with Crippen LogP contribution in [0.1, 0.15) is 16.7 Å². The number of nitrogen functional groups attached to an aromatic ring is 1. The lowest BCUT2D eigenvalue weighted by atomic mass is 10.1. The second-order valence-electron chi connectivity index (χ2n) is 7.18. The summed E-state index contributed by atoms with van der Waals surface area (Å²) in [5.41, 5.74) is 7.46. The molecular weight excluding hydrogens is 476 g/mol. The molecule has 4 heterocycles. The van der Waals surface area contributed by atoms with Crippen LogP contribution < -0.4 is 11.1 Å². The molecule has 0 aliphatic carbocycles. The van der Waals surface area contributed by atoms with Crippen LogP contribution in [0.3, 0.4) is 0 Å². The summed E-state index contributed by atoms with van der Waals surface area (Å²) < 4.78 is 7.00. The highest BCUT2D eigenvalue weighted by Gasteiger charge is 2.44. The number of carbonyl (C=O) groups is 1. The molecule has 2 unspecified atom stereocenters. The number of ether oxygens (including phenoxy) is 1. The van der Waals surface area contributed by atoms with E-state index in [1.165, 1.54) is 28.3 Å². The molecule has 0 amide bonds. The number of carboxylic acid groups (broad SMARTS) is 1. The van der Waals surface area contributed by atoms with Crippen molar-refractivity contribution < 1.29 is 30.0 Å². The zero-order valence-electron chi connectivity index (χ0n) is 17.1. The summed E-state index contributed by atoms with van der Waals surface area (Å²) in [6, 6.07) is 1.90. The molecule has 0 aromatic carbocycles. The highest BCUT2D eigenvalue weighted by atomic mass is 35.5. The van der Waals surface area contributed by atoms with Crippen LogP contribution in [0.2, 0.25) is 0 Å². The summed E-state index contributed by atoms with van der Waals surface area (Å²) in [6.07, 6.45) is 0.222. The Balaban J connectivity index is 0.00000306. The number of imidazole rings is 1. The number of fused-ring (bicyclic) bond motifs is 1. The summed E-state index contributed by atoms with van der Waals surface area (Å²) in [7, 11) is 0. The van der Waals surface area contributed by atoms with E-state index in [0.717, 1.165) is 16.5 Å². The standard InChI is InChI=1S/C19H22N6O6S.ClH/c20-16-13-17(25(8-22-13)18-15(30)14(29)11(6-26)31-18)24-19(23-16)21-4-3-10-5-9(7-32-10)1-2-12(27)28;/h1-2,5,7-8,11,14-15,18,26,29-30H,3-4,6H2,(H,27,28)(H3,20,21,23,24);1H/t11-,14?,15?,18-;/m1./s1. The van der Waals surface area contributed by atoms with E-state index >= 15 is 0 Å². The number of nitrogens with one attached hydrogen (secondary N) is 1. The highest BCUT2D eigenvalue weighted by molar-refractivity contribution is 7.10. The number of aliphatic hydroxyl groups is 3. The van der Waals surface area contributed by atoms with Crippen LogP contribution in [-0.2, 0) is 16.0 Å². The second kappa shape index (κ2) is 10.4. The predicted molar refractivity (Wildman–Crippen MR) is 123 cm³/mol. The van der Waals surface area contributed by atoms with Gasteiger partial charge in [-0.05, 0) is 29.5 Å². The number of thiophene rings is 1. The zero-order chi connectivity index (χ0) is 22.8. The summed E-state index contributed by atoms with van der Waals surface area (Å²) in [4.78, 5) is 24.5. The van der Waals surface area contributed by atoms with Gasteiger partial charge in [0.25, 0.3) is 0 Å². The molecule has 0 bridgehead atoms. The molecule has 12 nitrogen and oxygen atoms in total. The van der Waals surface area contributed by atoms with E-state index in [1.807, 2.05) is 11.4 Å². The number of carboxylic acids is 1. The van der Waals surface area contributed by atoms with Gasteiger partial charge in [-0.25, -0.2) is 9.78 Å². The van der Waals surface area contributed by atoms with E-state index in [4.69, 9.17) is 15.6 Å². The quantitative estimate of drug-likeness (QED) is 0.233. The first-order chi connectivity index (χ1) is 15.4. The minimum Gasteiger partial charge on any atom is -0.478 e. The number of aromatic nitrogens is 4. The van der Waals surface area contributed by atoms with Gasteiger partial charge in [-0.2, -0.15) is 9.97 Å². The number of aliphatic carboxylic acids is 1. The first-order valence-corrected chi connectivity index (χ1v) is 10.6. The third-order valence-electron chi connectivity index (χ3n) is 4.99. The SMILES string of the molecule is Cl.Nc1nc(NCCc2cc(C=CC(=O)O)cs2)nc2c1ncn2[C@@H]1O[C@H](CO)C(O)C1O. The minimum atomic E-state index is -1.28. The van der Waals surface area contributed by atoms with E-state index in [9.17, 15) is 20.1 Å². The number of hydrogen-bond donors (Lipinski definition) is 6. The lowest BCUT2D eigenvalue weighted by Gasteiger charge is -2.16. The Morgan fingerprint density at radius 1 is 1.33 bits per heavy atom. The molecule has 0 radical (unpaired) electrons. The molecule has 0 saturated carbocycles. The number of rotatable bonds is 8. The van der Waals surface area contributed by atoms with Crippen LogP contribution in [0.25, 0.3) is 17.2 Å². The maximum atomic E-state index is 10.6. The van der Waals surface area contributed by atoms with Gasteiger partial charge in [-0.3, -0.25) is 4.57 Å². The number of hydrogen-bond acceptors (Lipinski definition) is 11. The lowest BCUT2D eigenvalue weighted by molar-refractivity contribution is -0.131. The van der Waals surface area contributed by atoms with Gasteiger partial charge in [-0.15, -0.1) is 23.7 Å². The van der Waals surface area contributed by atoms with Crippen LogP contribution in [0.4, 0.5) is 11.8 Å². The molecule has 4 atom stereocenters. The summed E-state index contributed by atoms with van der Waals surface area (Å²) >= 11 is 1.51. The number of nitrogens with two attached hydrogens (primary N) is 1. The first-order valence-electron chi connectivity index (χ1n) is 9.72. The molecule has 4 rings (SSSR count). The zero-order valence-corrected chi connectivity index (χ0v) is 18.7. The Morgan fingerprint density at radius 3 is 2.82 bits per heavy atom. The van der Waals surface area contributed by atoms with Crippen molar-refractivity contribution in [1.29, 1.82) is 0 Å². The Morgan fingerprint density at radius 2 is 2.12 bits per heavy atom. The van der Waals surface area contributed by atoms with Crippen LogP contribution in [-0.4, -0.2) is 77.4 Å². The van der Waals surface area contributed by atoms with Crippen molar-refractivity contribution in [2.45, 2.75) is 31.0 Å². The fourth-order valence-electron chi connectivity index (χ4n) is 3.39. The molecule has 1 aliphatic rings. The second-order valence-corrected chi connectivity index (χ2v) is 8.18. The van der Waals surface area contributed by atoms with E-state index < -0.39 is 37.1 Å². The highest BCUT2D eigenvalue weighted by Crippen LogP contribution is 2.32. The van der Waals surface area contributed by atoms with E-state index in [1.54, 1.807) is 0 Å². The molecule has 1 fully saturated rings. The smallest absolute Gasteiger partial charge is 0.328 e. The van der Waals surface area contributed by atoms with Crippen molar-refractivity contribution in [2.75, 3.05) is 24.2 Å². The van der Waals surface area contributed by atoms with Gasteiger partial charge in [0.1, 0.15) is 23.8 Å². The van der Waals surface area contributed by atoms with Gasteiger partial charge in [0, 0.05) is 17.5 Å². The number of anilines is 2. The van der Waals surface area contributed by atoms with Gasteiger partial charge in [0.05, 0.1) is 12.9 Å². The van der Waals surface area contributed by atoms with Crippen molar-refractivity contribution >= 4 is 58.7 Å². The van der Waals surface area contributed by atoms with Crippen molar-refractivity contribution in [2.24, 2.45) is 0 Å². The summed E-state index contributed by atoms with van der Waals surface area (Å²) in [5.74, 6) is -0.605. The molecule has 1 aliphatic heterocycles. The van der Waals surface area contributed by atoms with Gasteiger partial charge >= 0.3 is 5.97 Å². The third-order valence-corrected chi connectivity index (χ3v) is 6.00. The molecule has 178 valence electrons. The van der Waals surface area contributed by atoms with Crippen molar-refractivity contribution in [3.63, 3.8) is 0 Å². The van der Waals surface area contributed by atoms with Crippen LogP contribution in [0.5, 0.6) is 0 Å². The largest absolute Gasteiger partial charge is 0.478 e. The Labute approximate surface area is 197 Å². The Kier molecular flexibility index (Phi) is 7.84. The number of aliphatic hydroxyl groups excluding tert-OH is 3. The average Bonchev–Trinajstić information content (AvgIpc) is 3.46. The van der Waals surface area contributed by atoms with Crippen molar-refractivity contribution in [1.82, 2.24) is 19.5 Å².